The van der Waals surface area contributed by atoms with Crippen LogP contribution in [0.2, 0.25) is 0 Å². The van der Waals surface area contributed by atoms with Crippen LogP contribution in [-0.4, -0.2) is 54.6 Å². The van der Waals surface area contributed by atoms with E-state index in [-0.39, 0.29) is 5.69 Å². The first kappa shape index (κ1) is 30.8. The number of anilines is 1. The summed E-state index contributed by atoms with van der Waals surface area (Å²) in [5.41, 5.74) is -6.13. The number of hydrogen-bond donors (Lipinski definition) is 1. The number of ether oxygens (including phenoxy) is 2. The lowest BCUT2D eigenvalue weighted by Gasteiger charge is -2.39. The topological polar surface area (TPSA) is 128 Å². The van der Waals surface area contributed by atoms with Gasteiger partial charge in [0.15, 0.2) is 0 Å². The average molecular weight is 607 g/mol. The van der Waals surface area contributed by atoms with Gasteiger partial charge < -0.3 is 14.8 Å². The van der Waals surface area contributed by atoms with Crippen molar-refractivity contribution in [2.75, 3.05) is 18.1 Å². The summed E-state index contributed by atoms with van der Waals surface area (Å²) >= 11 is 0. The summed E-state index contributed by atoms with van der Waals surface area (Å²) in [5, 5.41) is 2.86. The molecule has 0 bridgehead atoms. The highest BCUT2D eigenvalue weighted by molar-refractivity contribution is 7.92. The second-order valence-corrected chi connectivity index (χ2v) is 11.5. The second kappa shape index (κ2) is 11.6. The minimum Gasteiger partial charge on any atom is -0.492 e. The monoisotopic (exact) mass is 606 g/mol. The van der Waals surface area contributed by atoms with Gasteiger partial charge in [0.2, 0.25) is 0 Å². The molecule has 1 aliphatic heterocycles. The summed E-state index contributed by atoms with van der Waals surface area (Å²) in [6.45, 7) is 7.70. The Kier molecular flexibility index (Phi) is 8.48. The Morgan fingerprint density at radius 2 is 1.36 bits per heavy atom. The maximum Gasteiger partial charge on any atom is 0.501 e. The molecule has 0 aliphatic carbocycles. The number of sulfone groups is 1. The third-order valence-corrected chi connectivity index (χ3v) is 8.82. The molecule has 1 fully saturated rings. The van der Waals surface area contributed by atoms with Crippen LogP contribution in [0, 0.1) is 0 Å². The number of alkyl halides is 3. The summed E-state index contributed by atoms with van der Waals surface area (Å²) in [7, 11) is -5.63. The number of halogens is 3. The highest BCUT2D eigenvalue weighted by Gasteiger charge is 2.59. The van der Waals surface area contributed by atoms with E-state index >= 15 is 0 Å². The minimum absolute atomic E-state index is 0.112. The number of hydrogen-bond acceptors (Lipinski definition) is 8. The normalized spacial score (nSPS) is 18.9. The molecule has 0 spiro atoms. The summed E-state index contributed by atoms with van der Waals surface area (Å²) in [6, 6.07) is 5.90. The lowest BCUT2D eigenvalue weighted by molar-refractivity contribution is -0.123. The molecule has 1 aliphatic rings. The quantitative estimate of drug-likeness (QED) is 0.321. The lowest BCUT2D eigenvalue weighted by atomic mass is 9.69. The van der Waals surface area contributed by atoms with Crippen molar-refractivity contribution in [1.29, 1.82) is 0 Å². The number of carbonyl (C=O) groups is 2. The van der Waals surface area contributed by atoms with Crippen molar-refractivity contribution in [2.24, 2.45) is 0 Å². The summed E-state index contributed by atoms with van der Waals surface area (Å²) in [5.74, 6) is -1.36. The van der Waals surface area contributed by atoms with E-state index in [1.165, 1.54) is 24.8 Å². The molecule has 1 saturated heterocycles. The Hall–Kier alpha value is -4.20. The van der Waals surface area contributed by atoms with E-state index in [1.54, 1.807) is 39.8 Å². The molecular formula is C28H29F3N4O6S. The number of carbonyl (C=O) groups excluding carboxylic acids is 2. The van der Waals surface area contributed by atoms with E-state index in [1.807, 2.05) is 0 Å². The zero-order valence-corrected chi connectivity index (χ0v) is 24.0. The molecular weight excluding hydrogens is 577 g/mol. The maximum absolute atomic E-state index is 14.5. The first-order chi connectivity index (χ1) is 19.8. The van der Waals surface area contributed by atoms with Crippen LogP contribution in [0.1, 0.15) is 50.7 Å². The number of aromatic nitrogens is 2. The van der Waals surface area contributed by atoms with Crippen LogP contribution in [0.5, 0.6) is 11.5 Å². The van der Waals surface area contributed by atoms with E-state index in [4.69, 9.17) is 9.47 Å². The van der Waals surface area contributed by atoms with E-state index in [2.05, 4.69) is 15.3 Å². The van der Waals surface area contributed by atoms with Gasteiger partial charge in [0.25, 0.3) is 15.7 Å². The third kappa shape index (κ3) is 5.14. The van der Waals surface area contributed by atoms with Crippen molar-refractivity contribution >= 4 is 27.5 Å². The Morgan fingerprint density at radius 3 is 1.79 bits per heavy atom. The molecule has 3 heterocycles. The molecule has 1 N–H and O–H groups in total. The first-order valence-electron chi connectivity index (χ1n) is 13.0. The van der Waals surface area contributed by atoms with Gasteiger partial charge in [-0.3, -0.25) is 14.8 Å². The highest BCUT2D eigenvalue weighted by Crippen LogP contribution is 2.48. The largest absolute Gasteiger partial charge is 0.501 e. The van der Waals surface area contributed by atoms with Gasteiger partial charge >= 0.3 is 11.5 Å². The molecule has 3 aromatic rings. The van der Waals surface area contributed by atoms with Gasteiger partial charge in [0.05, 0.1) is 36.2 Å². The molecule has 224 valence electrons. The van der Waals surface area contributed by atoms with Crippen LogP contribution in [0.3, 0.4) is 0 Å². The Balaban J connectivity index is 1.87. The summed E-state index contributed by atoms with van der Waals surface area (Å²) in [4.78, 5) is 36.0. The Bertz CT molecular complexity index is 1530. The van der Waals surface area contributed by atoms with Crippen LogP contribution in [-0.2, 0) is 14.6 Å². The fraction of sp³-hybridized carbons (Fsp3) is 0.357. The van der Waals surface area contributed by atoms with E-state index < -0.39 is 49.6 Å². The van der Waals surface area contributed by atoms with Gasteiger partial charge in [0.1, 0.15) is 17.0 Å². The predicted octanol–water partition coefficient (Wildman–Crippen LogP) is 4.97. The molecule has 10 nitrogen and oxygen atoms in total. The van der Waals surface area contributed by atoms with Crippen molar-refractivity contribution in [2.45, 2.75) is 55.5 Å². The average Bonchev–Trinajstić information content (AvgIpc) is 3.23. The van der Waals surface area contributed by atoms with E-state index in [0.29, 0.717) is 48.0 Å². The molecule has 0 radical (unpaired) electrons. The molecule has 42 heavy (non-hydrogen) atoms. The van der Waals surface area contributed by atoms with Gasteiger partial charge in [0, 0.05) is 35.4 Å². The fourth-order valence-corrected chi connectivity index (χ4v) is 5.97. The molecule has 1 aromatic carbocycles. The first-order valence-corrected chi connectivity index (χ1v) is 14.5. The minimum atomic E-state index is -5.63. The number of imide groups is 1. The van der Waals surface area contributed by atoms with Gasteiger partial charge in [-0.05, 0) is 50.2 Å². The standard InChI is InChI=1S/C28H29F3N4O6S/c1-5-40-23-15-32-13-11-21(23)17(3)27(18(4)22-12-14-33-16-24(22)41-6-2)25(36)35(26(37)34-27)19-7-9-20(10-8-19)42(38,39)28(29,30)31/h7-18H,5-6H2,1-4H3,(H,34,37). The van der Waals surface area contributed by atoms with Crippen molar-refractivity contribution in [3.05, 3.63) is 72.3 Å². The molecule has 2 aromatic heterocycles. The summed E-state index contributed by atoms with van der Waals surface area (Å²) in [6.07, 6.45) is 6.07. The predicted molar refractivity (Wildman–Crippen MR) is 146 cm³/mol. The van der Waals surface area contributed by atoms with Crippen molar-refractivity contribution in [1.82, 2.24) is 15.3 Å². The van der Waals surface area contributed by atoms with Gasteiger partial charge in [-0.15, -0.1) is 0 Å². The van der Waals surface area contributed by atoms with Gasteiger partial charge in [-0.25, -0.2) is 18.1 Å². The zero-order chi connectivity index (χ0) is 30.9. The number of rotatable bonds is 10. The number of amides is 3. The molecule has 3 amide bonds. The lowest BCUT2D eigenvalue weighted by Crippen LogP contribution is -2.55. The number of pyridine rings is 2. The molecule has 0 saturated carbocycles. The molecule has 14 heteroatoms. The van der Waals surface area contributed by atoms with E-state index in [9.17, 15) is 31.2 Å². The maximum atomic E-state index is 14.5. The Labute approximate surface area is 240 Å². The number of benzene rings is 1. The second-order valence-electron chi connectivity index (χ2n) is 9.52. The number of urea groups is 1. The van der Waals surface area contributed by atoms with Crippen LogP contribution in [0.25, 0.3) is 0 Å². The number of nitrogens with zero attached hydrogens (tertiary/aromatic N) is 3. The number of nitrogens with one attached hydrogen (secondary N) is 1. The highest BCUT2D eigenvalue weighted by atomic mass is 32.2. The summed E-state index contributed by atoms with van der Waals surface area (Å²) < 4.78 is 74.5. The Morgan fingerprint density at radius 1 is 0.881 bits per heavy atom. The zero-order valence-electron chi connectivity index (χ0n) is 23.2. The van der Waals surface area contributed by atoms with Gasteiger partial charge in [-0.2, -0.15) is 13.2 Å². The van der Waals surface area contributed by atoms with Crippen molar-refractivity contribution in [3.63, 3.8) is 0 Å². The van der Waals surface area contributed by atoms with E-state index in [0.717, 1.165) is 17.0 Å². The van der Waals surface area contributed by atoms with Crippen molar-refractivity contribution in [3.8, 4) is 11.5 Å². The van der Waals surface area contributed by atoms with Crippen molar-refractivity contribution < 1.29 is 40.7 Å². The SMILES string of the molecule is CCOc1cnccc1C(C)C1(C(C)c2ccncc2OCC)NC(=O)N(c2ccc(S(=O)(=O)C(F)(F)F)cc2)C1=O. The smallest absolute Gasteiger partial charge is 0.492 e. The molecule has 2 unspecified atom stereocenters. The van der Waals surface area contributed by atoms with Crippen LogP contribution < -0.4 is 19.7 Å². The third-order valence-electron chi connectivity index (χ3n) is 7.32. The molecule has 4 rings (SSSR count). The van der Waals surface area contributed by atoms with Gasteiger partial charge in [-0.1, -0.05) is 13.8 Å². The van der Waals surface area contributed by atoms with Crippen LogP contribution >= 0.6 is 0 Å². The molecule has 2 atom stereocenters. The fourth-order valence-electron chi connectivity index (χ4n) is 5.21. The van der Waals surface area contributed by atoms with Crippen LogP contribution in [0.4, 0.5) is 23.7 Å². The van der Waals surface area contributed by atoms with Crippen LogP contribution in [0.15, 0.2) is 66.1 Å².